The summed E-state index contributed by atoms with van der Waals surface area (Å²) in [4.78, 5) is 15.2. The van der Waals surface area contributed by atoms with Crippen LogP contribution in [0.25, 0.3) is 11.1 Å². The summed E-state index contributed by atoms with van der Waals surface area (Å²) >= 11 is 6.55. The van der Waals surface area contributed by atoms with Gasteiger partial charge >= 0.3 is 0 Å². The first kappa shape index (κ1) is 19.2. The van der Waals surface area contributed by atoms with Gasteiger partial charge in [0.15, 0.2) is 0 Å². The molecule has 29 heavy (non-hydrogen) atoms. The van der Waals surface area contributed by atoms with Crippen LogP contribution in [-0.4, -0.2) is 12.5 Å². The first-order valence-corrected chi connectivity index (χ1v) is 10.2. The average molecular weight is 401 g/mol. The van der Waals surface area contributed by atoms with E-state index in [0.717, 1.165) is 35.2 Å². The number of anilines is 1. The van der Waals surface area contributed by atoms with Gasteiger partial charge < -0.3 is 4.90 Å². The van der Waals surface area contributed by atoms with Crippen LogP contribution in [0.5, 0.6) is 0 Å². The summed E-state index contributed by atoms with van der Waals surface area (Å²) < 4.78 is 0. The predicted octanol–water partition coefficient (Wildman–Crippen LogP) is 6.44. The SMILES string of the molecule is N#CCC1CCCN(C(=O)c2ccc(-c3ccccc3)cc2Cl)c2ccccc21. The van der Waals surface area contributed by atoms with E-state index in [9.17, 15) is 10.1 Å². The van der Waals surface area contributed by atoms with Crippen LogP contribution >= 0.6 is 11.6 Å². The number of halogens is 1. The Kier molecular flexibility index (Phi) is 5.64. The molecule has 3 aromatic rings. The minimum Gasteiger partial charge on any atom is -0.308 e. The smallest absolute Gasteiger partial charge is 0.259 e. The molecule has 1 unspecified atom stereocenters. The van der Waals surface area contributed by atoms with Crippen LogP contribution in [0.1, 0.15) is 41.1 Å². The first-order chi connectivity index (χ1) is 14.2. The molecule has 3 aromatic carbocycles. The van der Waals surface area contributed by atoms with E-state index in [2.05, 4.69) is 6.07 Å². The first-order valence-electron chi connectivity index (χ1n) is 9.81. The van der Waals surface area contributed by atoms with E-state index in [1.807, 2.05) is 77.7 Å². The number of rotatable bonds is 3. The topological polar surface area (TPSA) is 44.1 Å². The zero-order chi connectivity index (χ0) is 20.2. The third-order valence-corrected chi connectivity index (χ3v) is 5.80. The van der Waals surface area contributed by atoms with Gasteiger partial charge in [0, 0.05) is 18.7 Å². The molecule has 0 fully saturated rings. The van der Waals surface area contributed by atoms with Crippen molar-refractivity contribution in [2.75, 3.05) is 11.4 Å². The van der Waals surface area contributed by atoms with Gasteiger partial charge in [-0.05, 0) is 53.6 Å². The summed E-state index contributed by atoms with van der Waals surface area (Å²) in [5.74, 6) is 0.0598. The Balaban J connectivity index is 1.69. The number of hydrogen-bond acceptors (Lipinski definition) is 2. The van der Waals surface area contributed by atoms with Crippen LogP contribution in [0.3, 0.4) is 0 Å². The van der Waals surface area contributed by atoms with Gasteiger partial charge in [-0.3, -0.25) is 4.79 Å². The lowest BCUT2D eigenvalue weighted by atomic mass is 9.91. The normalized spacial score (nSPS) is 15.9. The quantitative estimate of drug-likeness (QED) is 0.507. The molecular formula is C25H21ClN2O. The fraction of sp³-hybridized carbons (Fsp3) is 0.200. The number of para-hydroxylation sites is 1. The molecule has 4 rings (SSSR count). The molecule has 0 saturated heterocycles. The van der Waals surface area contributed by atoms with Gasteiger partial charge in [-0.25, -0.2) is 0 Å². The lowest BCUT2D eigenvalue weighted by Gasteiger charge is -2.24. The van der Waals surface area contributed by atoms with Crippen molar-refractivity contribution in [3.05, 3.63) is 88.9 Å². The van der Waals surface area contributed by atoms with E-state index >= 15 is 0 Å². The van der Waals surface area contributed by atoms with Gasteiger partial charge in [-0.15, -0.1) is 0 Å². The van der Waals surface area contributed by atoms with Gasteiger partial charge in [0.25, 0.3) is 5.91 Å². The second kappa shape index (κ2) is 8.51. The summed E-state index contributed by atoms with van der Waals surface area (Å²) in [6, 6.07) is 25.8. The van der Waals surface area contributed by atoms with E-state index in [4.69, 9.17) is 11.6 Å². The van der Waals surface area contributed by atoms with Gasteiger partial charge in [0.05, 0.1) is 16.7 Å². The molecule has 0 radical (unpaired) electrons. The van der Waals surface area contributed by atoms with Crippen LogP contribution in [0.15, 0.2) is 72.8 Å². The standard InChI is InChI=1S/C25H21ClN2O/c26-23-17-20(18-7-2-1-3-8-18)12-13-22(23)25(29)28-16-6-9-19(14-15-27)21-10-4-5-11-24(21)28/h1-5,7-8,10-13,17,19H,6,9,14,16H2. The van der Waals surface area contributed by atoms with Crippen LogP contribution < -0.4 is 4.90 Å². The van der Waals surface area contributed by atoms with E-state index < -0.39 is 0 Å². The number of nitriles is 1. The maximum absolute atomic E-state index is 13.4. The highest BCUT2D eigenvalue weighted by atomic mass is 35.5. The van der Waals surface area contributed by atoms with E-state index in [0.29, 0.717) is 23.6 Å². The minimum absolute atomic E-state index is 0.0975. The number of fused-ring (bicyclic) bond motifs is 1. The van der Waals surface area contributed by atoms with Crippen molar-refractivity contribution in [3.63, 3.8) is 0 Å². The number of benzene rings is 3. The van der Waals surface area contributed by atoms with Gasteiger partial charge in [0.2, 0.25) is 0 Å². The number of amides is 1. The molecule has 3 nitrogen and oxygen atoms in total. The largest absolute Gasteiger partial charge is 0.308 e. The summed E-state index contributed by atoms with van der Waals surface area (Å²) in [5.41, 5.74) is 4.50. The van der Waals surface area contributed by atoms with E-state index in [1.54, 1.807) is 0 Å². The number of nitrogens with zero attached hydrogens (tertiary/aromatic N) is 2. The minimum atomic E-state index is -0.0975. The number of hydrogen-bond donors (Lipinski definition) is 0. The van der Waals surface area contributed by atoms with Crippen LogP contribution in [0, 0.1) is 11.3 Å². The van der Waals surface area contributed by atoms with Crippen molar-refractivity contribution in [1.29, 1.82) is 5.26 Å². The third-order valence-electron chi connectivity index (χ3n) is 5.49. The summed E-state index contributed by atoms with van der Waals surface area (Å²) in [5, 5.41) is 9.65. The number of carbonyl (C=O) groups excluding carboxylic acids is 1. The molecule has 0 saturated carbocycles. The molecule has 144 valence electrons. The van der Waals surface area contributed by atoms with Gasteiger partial charge in [-0.2, -0.15) is 5.26 Å². The van der Waals surface area contributed by atoms with Crippen molar-refractivity contribution in [3.8, 4) is 17.2 Å². The van der Waals surface area contributed by atoms with Crippen molar-refractivity contribution in [2.45, 2.75) is 25.2 Å². The highest BCUT2D eigenvalue weighted by molar-refractivity contribution is 6.35. The Bertz CT molecular complexity index is 1070. The zero-order valence-corrected chi connectivity index (χ0v) is 16.8. The highest BCUT2D eigenvalue weighted by Crippen LogP contribution is 2.37. The van der Waals surface area contributed by atoms with Crippen molar-refractivity contribution >= 4 is 23.2 Å². The molecule has 1 heterocycles. The molecule has 0 aliphatic carbocycles. The third kappa shape index (κ3) is 3.90. The van der Waals surface area contributed by atoms with Crippen LogP contribution in [0.4, 0.5) is 5.69 Å². The molecule has 0 aromatic heterocycles. The number of carbonyl (C=O) groups is 1. The Morgan fingerprint density at radius 3 is 2.55 bits per heavy atom. The second-order valence-corrected chi connectivity index (χ2v) is 7.68. The molecule has 0 spiro atoms. The maximum Gasteiger partial charge on any atom is 0.259 e. The second-order valence-electron chi connectivity index (χ2n) is 7.28. The monoisotopic (exact) mass is 400 g/mol. The zero-order valence-electron chi connectivity index (χ0n) is 16.0. The van der Waals surface area contributed by atoms with Crippen molar-refractivity contribution in [1.82, 2.24) is 0 Å². The van der Waals surface area contributed by atoms with Crippen molar-refractivity contribution < 1.29 is 4.79 Å². The van der Waals surface area contributed by atoms with E-state index in [1.165, 1.54) is 0 Å². The van der Waals surface area contributed by atoms with Gasteiger partial charge in [-0.1, -0.05) is 66.2 Å². The predicted molar refractivity (Wildman–Crippen MR) is 117 cm³/mol. The Labute approximate surface area is 176 Å². The molecule has 0 bridgehead atoms. The summed E-state index contributed by atoms with van der Waals surface area (Å²) in [6.07, 6.45) is 2.22. The summed E-state index contributed by atoms with van der Waals surface area (Å²) in [6.45, 7) is 0.620. The molecule has 1 amide bonds. The maximum atomic E-state index is 13.4. The molecule has 1 aliphatic rings. The average Bonchev–Trinajstić information content (AvgIpc) is 2.94. The lowest BCUT2D eigenvalue weighted by Crippen LogP contribution is -2.32. The Morgan fingerprint density at radius 2 is 1.79 bits per heavy atom. The molecule has 1 aliphatic heterocycles. The highest BCUT2D eigenvalue weighted by Gasteiger charge is 2.27. The fourth-order valence-corrected chi connectivity index (χ4v) is 4.29. The lowest BCUT2D eigenvalue weighted by molar-refractivity contribution is 0.0987. The molecule has 0 N–H and O–H groups in total. The molecular weight excluding hydrogens is 380 g/mol. The van der Waals surface area contributed by atoms with Crippen LogP contribution in [0.2, 0.25) is 5.02 Å². The Hall–Kier alpha value is -3.09. The van der Waals surface area contributed by atoms with Crippen LogP contribution in [-0.2, 0) is 0 Å². The van der Waals surface area contributed by atoms with Gasteiger partial charge in [0.1, 0.15) is 0 Å². The summed E-state index contributed by atoms with van der Waals surface area (Å²) in [7, 11) is 0. The fourth-order valence-electron chi connectivity index (χ4n) is 4.03. The molecule has 4 heteroatoms. The van der Waals surface area contributed by atoms with E-state index in [-0.39, 0.29) is 11.8 Å². The van der Waals surface area contributed by atoms with Crippen molar-refractivity contribution in [2.24, 2.45) is 0 Å². The Morgan fingerprint density at radius 1 is 1.03 bits per heavy atom. The molecule has 1 atom stereocenters.